The normalized spacial score (nSPS) is 20.0. The molecule has 2 aliphatic rings. The van der Waals surface area contributed by atoms with E-state index < -0.39 is 0 Å². The van der Waals surface area contributed by atoms with E-state index in [1.54, 1.807) is 0 Å². The van der Waals surface area contributed by atoms with Gasteiger partial charge in [0.05, 0.1) is 5.57 Å². The second kappa shape index (κ2) is 8.37. The molecule has 0 unspecified atom stereocenters. The van der Waals surface area contributed by atoms with Crippen molar-refractivity contribution in [2.24, 2.45) is 9.98 Å². The molecule has 0 aliphatic carbocycles. The minimum Gasteiger partial charge on any atom is -0.475 e. The summed E-state index contributed by atoms with van der Waals surface area (Å²) in [4.78, 5) is 9.72. The van der Waals surface area contributed by atoms with Crippen LogP contribution in [0.1, 0.15) is 28.8 Å². The monoisotopic (exact) mass is 394 g/mol. The van der Waals surface area contributed by atoms with Gasteiger partial charge in [0.1, 0.15) is 25.3 Å². The van der Waals surface area contributed by atoms with Crippen LogP contribution in [-0.2, 0) is 9.47 Å². The van der Waals surface area contributed by atoms with Crippen LogP contribution in [-0.4, -0.2) is 25.0 Å². The fourth-order valence-corrected chi connectivity index (χ4v) is 3.67. The predicted octanol–water partition coefficient (Wildman–Crippen LogP) is 5.41. The van der Waals surface area contributed by atoms with Crippen LogP contribution in [0.3, 0.4) is 0 Å². The highest BCUT2D eigenvalue weighted by molar-refractivity contribution is 6.22. The molecular formula is C26H22N2O2. The van der Waals surface area contributed by atoms with Gasteiger partial charge in [0.15, 0.2) is 0 Å². The standard InChI is InChI=1S/C26H22N2O2/c1-4-10-19(11-5-1)16-22(25-27-23(17-29-25)20-12-6-2-7-13-20)26-28-24(18-30-26)21-14-8-3-9-15-21/h1-16,23-24H,17-18H2/t23-,24-/m0/s1. The largest absolute Gasteiger partial charge is 0.475 e. The van der Waals surface area contributed by atoms with Gasteiger partial charge in [-0.15, -0.1) is 0 Å². The molecule has 0 saturated heterocycles. The van der Waals surface area contributed by atoms with Crippen molar-refractivity contribution >= 4 is 17.9 Å². The van der Waals surface area contributed by atoms with Gasteiger partial charge in [-0.3, -0.25) is 0 Å². The minimum atomic E-state index is -0.0210. The highest BCUT2D eigenvalue weighted by atomic mass is 16.5. The minimum absolute atomic E-state index is 0.0210. The highest BCUT2D eigenvalue weighted by Crippen LogP contribution is 2.30. The van der Waals surface area contributed by atoms with E-state index in [2.05, 4.69) is 24.3 Å². The summed E-state index contributed by atoms with van der Waals surface area (Å²) in [5.41, 5.74) is 4.13. The van der Waals surface area contributed by atoms with Crippen LogP contribution in [0.4, 0.5) is 0 Å². The zero-order chi connectivity index (χ0) is 20.2. The van der Waals surface area contributed by atoms with Crippen molar-refractivity contribution in [2.45, 2.75) is 12.1 Å². The van der Waals surface area contributed by atoms with Gasteiger partial charge in [-0.25, -0.2) is 9.98 Å². The van der Waals surface area contributed by atoms with Gasteiger partial charge in [0, 0.05) is 0 Å². The first-order valence-corrected chi connectivity index (χ1v) is 10.2. The lowest BCUT2D eigenvalue weighted by Crippen LogP contribution is -2.14. The van der Waals surface area contributed by atoms with Crippen LogP contribution >= 0.6 is 0 Å². The number of hydrogen-bond acceptors (Lipinski definition) is 4. The van der Waals surface area contributed by atoms with Crippen LogP contribution in [0.25, 0.3) is 6.08 Å². The van der Waals surface area contributed by atoms with Gasteiger partial charge in [-0.05, 0) is 22.8 Å². The van der Waals surface area contributed by atoms with Gasteiger partial charge in [0.25, 0.3) is 0 Å². The van der Waals surface area contributed by atoms with Crippen LogP contribution in [0.5, 0.6) is 0 Å². The molecule has 2 atom stereocenters. The summed E-state index contributed by atoms with van der Waals surface area (Å²) in [7, 11) is 0. The Balaban J connectivity index is 1.50. The molecule has 0 radical (unpaired) electrons. The fraction of sp³-hybridized carbons (Fsp3) is 0.154. The molecular weight excluding hydrogens is 372 g/mol. The maximum absolute atomic E-state index is 6.03. The van der Waals surface area contributed by atoms with Crippen molar-refractivity contribution < 1.29 is 9.47 Å². The van der Waals surface area contributed by atoms with Gasteiger partial charge in [-0.1, -0.05) is 91.0 Å². The number of hydrogen-bond donors (Lipinski definition) is 0. The molecule has 4 heteroatoms. The molecule has 3 aromatic rings. The SMILES string of the molecule is C(=C(C1=N[C@H](c2ccccc2)CO1)C1=N[C@H](c2ccccc2)CO1)c1ccccc1. The van der Waals surface area contributed by atoms with E-state index in [0.29, 0.717) is 25.0 Å². The zero-order valence-electron chi connectivity index (χ0n) is 16.5. The Morgan fingerprint density at radius 1 is 0.633 bits per heavy atom. The van der Waals surface area contributed by atoms with E-state index in [-0.39, 0.29) is 12.1 Å². The lowest BCUT2D eigenvalue weighted by Gasteiger charge is -2.07. The molecule has 0 amide bonds. The molecule has 0 saturated carbocycles. The molecule has 0 bridgehead atoms. The van der Waals surface area contributed by atoms with Gasteiger partial charge in [-0.2, -0.15) is 0 Å². The third-order valence-corrected chi connectivity index (χ3v) is 5.24. The average Bonchev–Trinajstić information content (AvgIpc) is 3.50. The van der Waals surface area contributed by atoms with E-state index in [9.17, 15) is 0 Å². The van der Waals surface area contributed by atoms with Crippen molar-refractivity contribution in [3.05, 3.63) is 113 Å². The summed E-state index contributed by atoms with van der Waals surface area (Å²) >= 11 is 0. The molecule has 30 heavy (non-hydrogen) atoms. The van der Waals surface area contributed by atoms with E-state index in [4.69, 9.17) is 19.5 Å². The smallest absolute Gasteiger partial charge is 0.222 e. The Morgan fingerprint density at radius 2 is 1.07 bits per heavy atom. The molecule has 2 heterocycles. The van der Waals surface area contributed by atoms with Crippen molar-refractivity contribution in [1.82, 2.24) is 0 Å². The molecule has 3 aromatic carbocycles. The van der Waals surface area contributed by atoms with Crippen molar-refractivity contribution in [1.29, 1.82) is 0 Å². The highest BCUT2D eigenvalue weighted by Gasteiger charge is 2.30. The maximum Gasteiger partial charge on any atom is 0.222 e. The first kappa shape index (κ1) is 18.4. The predicted molar refractivity (Wildman–Crippen MR) is 120 cm³/mol. The molecule has 2 aliphatic heterocycles. The van der Waals surface area contributed by atoms with Crippen LogP contribution < -0.4 is 0 Å². The van der Waals surface area contributed by atoms with Gasteiger partial charge >= 0.3 is 0 Å². The summed E-state index contributed by atoms with van der Waals surface area (Å²) in [5.74, 6) is 1.17. The van der Waals surface area contributed by atoms with E-state index in [0.717, 1.165) is 22.3 Å². The quantitative estimate of drug-likeness (QED) is 0.581. The number of aliphatic imine (C=N–C) groups is 2. The summed E-state index contributed by atoms with van der Waals surface area (Å²) in [5, 5.41) is 0. The Kier molecular flexibility index (Phi) is 5.13. The summed E-state index contributed by atoms with van der Waals surface area (Å²) in [6, 6.07) is 30.5. The molecule has 0 spiro atoms. The zero-order valence-corrected chi connectivity index (χ0v) is 16.5. The first-order chi connectivity index (χ1) is 14.9. The lowest BCUT2D eigenvalue weighted by molar-refractivity contribution is 0.310. The Morgan fingerprint density at radius 3 is 1.53 bits per heavy atom. The van der Waals surface area contributed by atoms with E-state index >= 15 is 0 Å². The van der Waals surface area contributed by atoms with Crippen LogP contribution in [0.15, 0.2) is 107 Å². The van der Waals surface area contributed by atoms with Crippen molar-refractivity contribution in [3.63, 3.8) is 0 Å². The summed E-state index contributed by atoms with van der Waals surface area (Å²) in [6.07, 6.45) is 2.04. The van der Waals surface area contributed by atoms with Gasteiger partial charge in [0.2, 0.25) is 11.8 Å². The van der Waals surface area contributed by atoms with Crippen LogP contribution in [0.2, 0.25) is 0 Å². The number of nitrogens with zero attached hydrogens (tertiary/aromatic N) is 2. The third kappa shape index (κ3) is 3.90. The number of ether oxygens (including phenoxy) is 2. The van der Waals surface area contributed by atoms with Crippen molar-refractivity contribution in [2.75, 3.05) is 13.2 Å². The van der Waals surface area contributed by atoms with Gasteiger partial charge < -0.3 is 9.47 Å². The summed E-state index contributed by atoms with van der Waals surface area (Å²) < 4.78 is 12.1. The molecule has 4 nitrogen and oxygen atoms in total. The molecule has 0 fully saturated rings. The molecule has 148 valence electrons. The lowest BCUT2D eigenvalue weighted by atomic mass is 10.1. The van der Waals surface area contributed by atoms with E-state index in [1.165, 1.54) is 0 Å². The second-order valence-electron chi connectivity index (χ2n) is 7.31. The molecule has 0 N–H and O–H groups in total. The maximum atomic E-state index is 6.03. The third-order valence-electron chi connectivity index (χ3n) is 5.24. The second-order valence-corrected chi connectivity index (χ2v) is 7.31. The topological polar surface area (TPSA) is 43.2 Å². The van der Waals surface area contributed by atoms with E-state index in [1.807, 2.05) is 72.8 Å². The molecule has 5 rings (SSSR count). The fourth-order valence-electron chi connectivity index (χ4n) is 3.67. The molecule has 0 aromatic heterocycles. The number of benzene rings is 3. The van der Waals surface area contributed by atoms with Crippen molar-refractivity contribution in [3.8, 4) is 0 Å². The Hall–Kier alpha value is -3.66. The Bertz CT molecular complexity index is 1020. The first-order valence-electron chi connectivity index (χ1n) is 10.2. The average molecular weight is 394 g/mol. The van der Waals surface area contributed by atoms with Crippen LogP contribution in [0, 0.1) is 0 Å². The number of rotatable bonds is 5. The Labute approximate surface area is 176 Å². The summed E-state index contributed by atoms with van der Waals surface area (Å²) in [6.45, 7) is 1.03.